The van der Waals surface area contributed by atoms with Crippen molar-refractivity contribution in [3.05, 3.63) is 65.2 Å². The lowest BCUT2D eigenvalue weighted by molar-refractivity contribution is -0.146. The Balaban J connectivity index is 1.28. The highest BCUT2D eigenvalue weighted by molar-refractivity contribution is 5.75. The molecule has 34 heavy (non-hydrogen) atoms. The molecule has 184 valence electrons. The number of esters is 1. The molecule has 5 heteroatoms. The molecule has 1 amide bonds. The van der Waals surface area contributed by atoms with E-state index in [1.165, 1.54) is 12.0 Å². The summed E-state index contributed by atoms with van der Waals surface area (Å²) in [4.78, 5) is 24.3. The van der Waals surface area contributed by atoms with E-state index in [0.29, 0.717) is 50.2 Å². The molecule has 1 N–H and O–H groups in total. The Morgan fingerprint density at radius 2 is 1.56 bits per heavy atom. The van der Waals surface area contributed by atoms with Gasteiger partial charge in [-0.25, -0.2) is 0 Å². The molecule has 0 heterocycles. The van der Waals surface area contributed by atoms with E-state index in [2.05, 4.69) is 19.2 Å². The standard InChI is InChI=1S/C29H39NO4/c1-21-6-8-24(9-7-21)19-30-28(31)5-4-14-33-27-12-10-25(11-13-27)20-34-29(32)18-26-16-22(2)15-23(3)17-26/h6-13,22-23,26H,4-5,14-20H2,1-3H3,(H,30,31). The highest BCUT2D eigenvalue weighted by Crippen LogP contribution is 2.34. The van der Waals surface area contributed by atoms with E-state index in [4.69, 9.17) is 9.47 Å². The van der Waals surface area contributed by atoms with Crippen molar-refractivity contribution in [3.63, 3.8) is 0 Å². The van der Waals surface area contributed by atoms with E-state index in [-0.39, 0.29) is 18.5 Å². The van der Waals surface area contributed by atoms with Crippen LogP contribution in [0.25, 0.3) is 0 Å². The lowest BCUT2D eigenvalue weighted by Crippen LogP contribution is -2.22. The number of ether oxygens (including phenoxy) is 2. The molecular weight excluding hydrogens is 426 g/mol. The van der Waals surface area contributed by atoms with Gasteiger partial charge in [0.05, 0.1) is 6.61 Å². The van der Waals surface area contributed by atoms with Crippen molar-refractivity contribution < 1.29 is 19.1 Å². The highest BCUT2D eigenvalue weighted by Gasteiger charge is 2.26. The summed E-state index contributed by atoms with van der Waals surface area (Å²) in [7, 11) is 0. The zero-order chi connectivity index (χ0) is 24.3. The van der Waals surface area contributed by atoms with Gasteiger partial charge in [-0.3, -0.25) is 9.59 Å². The minimum absolute atomic E-state index is 0.0264. The Bertz CT molecular complexity index is 897. The first-order valence-electron chi connectivity index (χ1n) is 12.6. The minimum Gasteiger partial charge on any atom is -0.494 e. The molecule has 0 radical (unpaired) electrons. The number of hydrogen-bond acceptors (Lipinski definition) is 4. The smallest absolute Gasteiger partial charge is 0.306 e. The molecule has 2 aromatic rings. The van der Waals surface area contributed by atoms with Crippen molar-refractivity contribution >= 4 is 11.9 Å². The number of aryl methyl sites for hydroxylation is 1. The second kappa shape index (κ2) is 13.2. The summed E-state index contributed by atoms with van der Waals surface area (Å²) < 4.78 is 11.2. The van der Waals surface area contributed by atoms with Gasteiger partial charge in [-0.2, -0.15) is 0 Å². The highest BCUT2D eigenvalue weighted by atomic mass is 16.5. The molecule has 1 aliphatic rings. The summed E-state index contributed by atoms with van der Waals surface area (Å²) in [6.45, 7) is 7.91. The number of benzene rings is 2. The maximum Gasteiger partial charge on any atom is 0.306 e. The van der Waals surface area contributed by atoms with Gasteiger partial charge in [-0.1, -0.05) is 55.8 Å². The van der Waals surface area contributed by atoms with Crippen LogP contribution in [-0.2, 0) is 27.5 Å². The van der Waals surface area contributed by atoms with Gasteiger partial charge in [-0.05, 0) is 73.6 Å². The number of carbonyl (C=O) groups excluding carboxylic acids is 2. The third kappa shape index (κ3) is 9.20. The Morgan fingerprint density at radius 3 is 2.24 bits per heavy atom. The molecule has 0 spiro atoms. The van der Waals surface area contributed by atoms with Crippen LogP contribution in [0.2, 0.25) is 0 Å². The van der Waals surface area contributed by atoms with Gasteiger partial charge in [0.1, 0.15) is 12.4 Å². The molecule has 0 bridgehead atoms. The third-order valence-electron chi connectivity index (χ3n) is 6.48. The molecule has 5 nitrogen and oxygen atoms in total. The van der Waals surface area contributed by atoms with Crippen molar-refractivity contribution in [1.82, 2.24) is 5.32 Å². The van der Waals surface area contributed by atoms with Crippen LogP contribution in [0.4, 0.5) is 0 Å². The number of hydrogen-bond donors (Lipinski definition) is 1. The topological polar surface area (TPSA) is 64.6 Å². The fourth-order valence-electron chi connectivity index (χ4n) is 4.84. The van der Waals surface area contributed by atoms with Crippen LogP contribution in [0.1, 0.15) is 69.1 Å². The maximum atomic E-state index is 12.3. The van der Waals surface area contributed by atoms with Crippen LogP contribution in [0.3, 0.4) is 0 Å². The quantitative estimate of drug-likeness (QED) is 0.328. The van der Waals surface area contributed by atoms with Crippen LogP contribution >= 0.6 is 0 Å². The van der Waals surface area contributed by atoms with Crippen molar-refractivity contribution in [2.45, 2.75) is 72.4 Å². The molecule has 1 aliphatic carbocycles. The van der Waals surface area contributed by atoms with Crippen LogP contribution in [0.5, 0.6) is 5.75 Å². The second-order valence-electron chi connectivity index (χ2n) is 10.0. The van der Waals surface area contributed by atoms with Gasteiger partial charge in [-0.15, -0.1) is 0 Å². The van der Waals surface area contributed by atoms with Gasteiger partial charge in [0, 0.05) is 19.4 Å². The van der Waals surface area contributed by atoms with Crippen molar-refractivity contribution in [1.29, 1.82) is 0 Å². The molecule has 2 unspecified atom stereocenters. The second-order valence-corrected chi connectivity index (χ2v) is 10.0. The molecular formula is C29H39NO4. The van der Waals surface area contributed by atoms with Gasteiger partial charge in [0.2, 0.25) is 5.91 Å². The van der Waals surface area contributed by atoms with Crippen LogP contribution in [-0.4, -0.2) is 18.5 Å². The zero-order valence-corrected chi connectivity index (χ0v) is 20.8. The van der Waals surface area contributed by atoms with Crippen molar-refractivity contribution in [2.75, 3.05) is 6.61 Å². The molecule has 0 aromatic heterocycles. The summed E-state index contributed by atoms with van der Waals surface area (Å²) in [5.74, 6) is 2.52. The molecule has 1 fully saturated rings. The maximum absolute atomic E-state index is 12.3. The average Bonchev–Trinajstić information content (AvgIpc) is 2.80. The number of amides is 1. The van der Waals surface area contributed by atoms with Gasteiger partial charge in [0.25, 0.3) is 0 Å². The van der Waals surface area contributed by atoms with Crippen LogP contribution in [0, 0.1) is 24.7 Å². The summed E-state index contributed by atoms with van der Waals surface area (Å²) >= 11 is 0. The van der Waals surface area contributed by atoms with E-state index < -0.39 is 0 Å². The van der Waals surface area contributed by atoms with E-state index in [1.807, 2.05) is 55.5 Å². The fraction of sp³-hybridized carbons (Fsp3) is 0.517. The average molecular weight is 466 g/mol. The predicted molar refractivity (Wildman–Crippen MR) is 134 cm³/mol. The SMILES string of the molecule is Cc1ccc(CNC(=O)CCCOc2ccc(COC(=O)CC3CC(C)CC(C)C3)cc2)cc1. The van der Waals surface area contributed by atoms with Gasteiger partial charge >= 0.3 is 5.97 Å². The molecule has 2 aromatic carbocycles. The third-order valence-corrected chi connectivity index (χ3v) is 6.48. The normalized spacial score (nSPS) is 19.9. The monoisotopic (exact) mass is 465 g/mol. The molecule has 0 aliphatic heterocycles. The molecule has 1 saturated carbocycles. The predicted octanol–water partition coefficient (Wildman–Crippen LogP) is 5.98. The number of nitrogens with one attached hydrogen (secondary N) is 1. The number of carbonyl (C=O) groups is 2. The van der Waals surface area contributed by atoms with Crippen LogP contribution < -0.4 is 10.1 Å². The van der Waals surface area contributed by atoms with Crippen molar-refractivity contribution in [2.24, 2.45) is 17.8 Å². The van der Waals surface area contributed by atoms with E-state index in [1.54, 1.807) is 0 Å². The fourth-order valence-corrected chi connectivity index (χ4v) is 4.84. The molecule has 3 rings (SSSR count). The summed E-state index contributed by atoms with van der Waals surface area (Å²) in [5, 5.41) is 2.94. The Kier molecular flexibility index (Phi) is 9.99. The minimum atomic E-state index is -0.104. The van der Waals surface area contributed by atoms with Crippen molar-refractivity contribution in [3.8, 4) is 5.75 Å². The Morgan fingerprint density at radius 1 is 0.912 bits per heavy atom. The van der Waals surface area contributed by atoms with Gasteiger partial charge < -0.3 is 14.8 Å². The first-order valence-corrected chi connectivity index (χ1v) is 12.6. The van der Waals surface area contributed by atoms with E-state index in [9.17, 15) is 9.59 Å². The van der Waals surface area contributed by atoms with E-state index in [0.717, 1.165) is 29.7 Å². The Labute approximate surface area is 204 Å². The summed E-state index contributed by atoms with van der Waals surface area (Å²) in [6.07, 6.45) is 5.12. The Hall–Kier alpha value is -2.82. The lowest BCUT2D eigenvalue weighted by Gasteiger charge is -2.30. The first-order chi connectivity index (χ1) is 16.4. The van der Waals surface area contributed by atoms with E-state index >= 15 is 0 Å². The number of rotatable bonds is 11. The lowest BCUT2D eigenvalue weighted by atomic mass is 9.75. The van der Waals surface area contributed by atoms with Gasteiger partial charge in [0.15, 0.2) is 0 Å². The molecule has 0 saturated heterocycles. The first kappa shape index (κ1) is 25.8. The largest absolute Gasteiger partial charge is 0.494 e. The zero-order valence-electron chi connectivity index (χ0n) is 20.8. The summed E-state index contributed by atoms with van der Waals surface area (Å²) in [6, 6.07) is 15.7. The molecule has 2 atom stereocenters. The van der Waals surface area contributed by atoms with Crippen LogP contribution in [0.15, 0.2) is 48.5 Å². The summed E-state index contributed by atoms with van der Waals surface area (Å²) in [5.41, 5.74) is 3.25.